The van der Waals surface area contributed by atoms with Gasteiger partial charge in [0.05, 0.1) is 23.3 Å². The molecule has 1 aromatic rings. The summed E-state index contributed by atoms with van der Waals surface area (Å²) in [6, 6.07) is 4.33. The van der Waals surface area contributed by atoms with Gasteiger partial charge in [0.25, 0.3) is 0 Å². The Bertz CT molecular complexity index is 493. The van der Waals surface area contributed by atoms with E-state index >= 15 is 0 Å². The van der Waals surface area contributed by atoms with E-state index in [0.29, 0.717) is 16.4 Å². The molecule has 0 aromatic heterocycles. The van der Waals surface area contributed by atoms with E-state index in [1.165, 1.54) is 0 Å². The highest BCUT2D eigenvalue weighted by Gasteiger charge is 2.19. The molecule has 0 saturated heterocycles. The first-order valence-corrected chi connectivity index (χ1v) is 6.03. The number of benzene rings is 1. The van der Waals surface area contributed by atoms with Crippen LogP contribution in [0.1, 0.15) is 6.92 Å². The Balaban J connectivity index is 2.68. The number of amides is 2. The fourth-order valence-electron chi connectivity index (χ4n) is 1.45. The van der Waals surface area contributed by atoms with Gasteiger partial charge in [0.15, 0.2) is 0 Å². The van der Waals surface area contributed by atoms with E-state index in [-0.39, 0.29) is 12.5 Å². The van der Waals surface area contributed by atoms with Gasteiger partial charge in [-0.1, -0.05) is 11.6 Å². The molecular formula is C12H17ClN4O2. The first-order chi connectivity index (χ1) is 8.81. The molecule has 1 rings (SSSR count). The predicted octanol–water partition coefficient (Wildman–Crippen LogP) is 0.666. The van der Waals surface area contributed by atoms with E-state index in [2.05, 4.69) is 5.32 Å². The van der Waals surface area contributed by atoms with E-state index in [1.807, 2.05) is 0 Å². The van der Waals surface area contributed by atoms with E-state index in [4.69, 9.17) is 23.1 Å². The third kappa shape index (κ3) is 4.42. The van der Waals surface area contributed by atoms with Crippen LogP contribution in [0.2, 0.25) is 5.02 Å². The number of carbonyl (C=O) groups is 2. The van der Waals surface area contributed by atoms with Crippen LogP contribution in [0.4, 0.5) is 11.4 Å². The van der Waals surface area contributed by atoms with Crippen molar-refractivity contribution in [3.63, 3.8) is 0 Å². The van der Waals surface area contributed by atoms with Gasteiger partial charge in [-0.3, -0.25) is 14.5 Å². The van der Waals surface area contributed by atoms with Crippen molar-refractivity contribution in [2.45, 2.75) is 13.0 Å². The number of rotatable bonds is 5. The molecule has 0 aliphatic rings. The molecule has 2 amide bonds. The number of halogens is 1. The molecular weight excluding hydrogens is 268 g/mol. The van der Waals surface area contributed by atoms with Gasteiger partial charge in [-0.05, 0) is 32.2 Å². The lowest BCUT2D eigenvalue weighted by atomic mass is 10.2. The molecule has 0 spiro atoms. The van der Waals surface area contributed by atoms with Gasteiger partial charge in [-0.25, -0.2) is 0 Å². The minimum atomic E-state index is -0.496. The van der Waals surface area contributed by atoms with Gasteiger partial charge in [0.2, 0.25) is 11.8 Å². The van der Waals surface area contributed by atoms with Crippen molar-refractivity contribution in [2.24, 2.45) is 5.73 Å². The molecule has 104 valence electrons. The SMILES string of the molecule is CC(C(=O)Nc1ccc(Cl)c(N)c1)N(C)CC(N)=O. The number of likely N-dealkylation sites (N-methyl/N-ethyl adjacent to an activating group) is 1. The first kappa shape index (κ1) is 15.3. The Morgan fingerprint density at radius 3 is 2.63 bits per heavy atom. The number of nitrogen functional groups attached to an aromatic ring is 1. The predicted molar refractivity (Wildman–Crippen MR) is 75.8 cm³/mol. The zero-order chi connectivity index (χ0) is 14.6. The molecule has 0 aliphatic carbocycles. The summed E-state index contributed by atoms with van der Waals surface area (Å²) in [6.45, 7) is 1.69. The lowest BCUT2D eigenvalue weighted by Crippen LogP contribution is -2.43. The van der Waals surface area contributed by atoms with Crippen LogP contribution in [-0.4, -0.2) is 36.3 Å². The van der Waals surface area contributed by atoms with Crippen molar-refractivity contribution in [1.82, 2.24) is 4.90 Å². The molecule has 0 fully saturated rings. The Morgan fingerprint density at radius 2 is 2.11 bits per heavy atom. The summed E-state index contributed by atoms with van der Waals surface area (Å²) in [4.78, 5) is 24.3. The summed E-state index contributed by atoms with van der Waals surface area (Å²) in [5.41, 5.74) is 11.7. The first-order valence-electron chi connectivity index (χ1n) is 5.65. The largest absolute Gasteiger partial charge is 0.397 e. The number of carbonyl (C=O) groups excluding carboxylic acids is 2. The van der Waals surface area contributed by atoms with Crippen molar-refractivity contribution < 1.29 is 9.59 Å². The second kappa shape index (κ2) is 6.40. The topological polar surface area (TPSA) is 101 Å². The fourth-order valence-corrected chi connectivity index (χ4v) is 1.57. The van der Waals surface area contributed by atoms with Crippen LogP contribution in [0.5, 0.6) is 0 Å². The maximum atomic E-state index is 12.0. The lowest BCUT2D eigenvalue weighted by Gasteiger charge is -2.22. The molecule has 0 heterocycles. The highest BCUT2D eigenvalue weighted by Crippen LogP contribution is 2.22. The molecule has 0 aliphatic heterocycles. The summed E-state index contributed by atoms with van der Waals surface area (Å²) in [7, 11) is 1.64. The summed E-state index contributed by atoms with van der Waals surface area (Å²) < 4.78 is 0. The smallest absolute Gasteiger partial charge is 0.241 e. The molecule has 0 bridgehead atoms. The van der Waals surface area contributed by atoms with E-state index in [0.717, 1.165) is 0 Å². The number of hydrogen-bond donors (Lipinski definition) is 3. The van der Waals surface area contributed by atoms with Crippen molar-refractivity contribution in [2.75, 3.05) is 24.6 Å². The average Bonchev–Trinajstić information content (AvgIpc) is 2.32. The normalized spacial score (nSPS) is 12.2. The molecule has 7 heteroatoms. The summed E-state index contributed by atoms with van der Waals surface area (Å²) in [5.74, 6) is -0.747. The van der Waals surface area contributed by atoms with Crippen LogP contribution >= 0.6 is 11.6 Å². The Hall–Kier alpha value is -1.79. The monoisotopic (exact) mass is 284 g/mol. The highest BCUT2D eigenvalue weighted by atomic mass is 35.5. The maximum Gasteiger partial charge on any atom is 0.241 e. The number of hydrogen-bond acceptors (Lipinski definition) is 4. The molecule has 1 unspecified atom stereocenters. The van der Waals surface area contributed by atoms with Crippen molar-refractivity contribution in [3.05, 3.63) is 23.2 Å². The second-order valence-corrected chi connectivity index (χ2v) is 4.69. The fraction of sp³-hybridized carbons (Fsp3) is 0.333. The maximum absolute atomic E-state index is 12.0. The minimum absolute atomic E-state index is 0.0113. The standard InChI is InChI=1S/C12H17ClN4O2/c1-7(17(2)6-11(15)18)12(19)16-8-3-4-9(13)10(14)5-8/h3-5,7H,6,14H2,1-2H3,(H2,15,18)(H,16,19). The minimum Gasteiger partial charge on any atom is -0.397 e. The summed E-state index contributed by atoms with van der Waals surface area (Å²) in [5, 5.41) is 3.12. The van der Waals surface area contributed by atoms with Crippen LogP contribution in [-0.2, 0) is 9.59 Å². The zero-order valence-electron chi connectivity index (χ0n) is 10.8. The summed E-state index contributed by atoms with van der Waals surface area (Å²) >= 11 is 5.79. The second-order valence-electron chi connectivity index (χ2n) is 4.28. The van der Waals surface area contributed by atoms with Gasteiger partial charge in [-0.2, -0.15) is 0 Å². The Labute approximate surface area is 116 Å². The van der Waals surface area contributed by atoms with Crippen molar-refractivity contribution >= 4 is 34.8 Å². The van der Waals surface area contributed by atoms with Crippen LogP contribution in [0.25, 0.3) is 0 Å². The summed E-state index contributed by atoms with van der Waals surface area (Å²) in [6.07, 6.45) is 0. The molecule has 0 radical (unpaired) electrons. The van der Waals surface area contributed by atoms with Crippen LogP contribution in [0.3, 0.4) is 0 Å². The number of nitrogens with two attached hydrogens (primary N) is 2. The Kier molecular flexibility index (Phi) is 5.14. The number of nitrogens with one attached hydrogen (secondary N) is 1. The average molecular weight is 285 g/mol. The van der Waals surface area contributed by atoms with Gasteiger partial charge < -0.3 is 16.8 Å². The molecule has 0 saturated carbocycles. The van der Waals surface area contributed by atoms with Gasteiger partial charge in [-0.15, -0.1) is 0 Å². The quantitative estimate of drug-likeness (QED) is 0.692. The number of nitrogens with zero attached hydrogens (tertiary/aromatic N) is 1. The van der Waals surface area contributed by atoms with E-state index in [1.54, 1.807) is 37.1 Å². The van der Waals surface area contributed by atoms with Crippen LogP contribution in [0, 0.1) is 0 Å². The molecule has 5 N–H and O–H groups in total. The highest BCUT2D eigenvalue weighted by molar-refractivity contribution is 6.33. The van der Waals surface area contributed by atoms with E-state index in [9.17, 15) is 9.59 Å². The van der Waals surface area contributed by atoms with E-state index < -0.39 is 11.9 Å². The number of anilines is 2. The Morgan fingerprint density at radius 1 is 1.47 bits per heavy atom. The third-order valence-corrected chi connectivity index (χ3v) is 3.05. The molecule has 6 nitrogen and oxygen atoms in total. The molecule has 1 aromatic carbocycles. The van der Waals surface area contributed by atoms with Gasteiger partial charge >= 0.3 is 0 Å². The van der Waals surface area contributed by atoms with Crippen molar-refractivity contribution in [3.8, 4) is 0 Å². The molecule has 1 atom stereocenters. The molecule has 19 heavy (non-hydrogen) atoms. The van der Waals surface area contributed by atoms with Crippen LogP contribution < -0.4 is 16.8 Å². The number of primary amides is 1. The lowest BCUT2D eigenvalue weighted by molar-refractivity contribution is -0.123. The third-order valence-electron chi connectivity index (χ3n) is 2.71. The zero-order valence-corrected chi connectivity index (χ0v) is 11.6. The van der Waals surface area contributed by atoms with Gasteiger partial charge in [0.1, 0.15) is 0 Å². The van der Waals surface area contributed by atoms with Crippen LogP contribution in [0.15, 0.2) is 18.2 Å². The van der Waals surface area contributed by atoms with Crippen molar-refractivity contribution in [1.29, 1.82) is 0 Å². The van der Waals surface area contributed by atoms with Gasteiger partial charge in [0, 0.05) is 5.69 Å².